The number of anilines is 1. The van der Waals surface area contributed by atoms with Gasteiger partial charge in [-0.05, 0) is 42.2 Å². The SMILES string of the molecule is CN=C(NCc1ccccc1NS(C)(=O)=O)NCC1(c2cccc(F)c2)CC1. The van der Waals surface area contributed by atoms with E-state index in [0.29, 0.717) is 24.7 Å². The second kappa shape index (κ2) is 8.18. The van der Waals surface area contributed by atoms with Crippen LogP contribution in [0.3, 0.4) is 0 Å². The van der Waals surface area contributed by atoms with Gasteiger partial charge >= 0.3 is 0 Å². The summed E-state index contributed by atoms with van der Waals surface area (Å²) in [5.74, 6) is 0.387. The first-order valence-electron chi connectivity index (χ1n) is 9.08. The smallest absolute Gasteiger partial charge is 0.229 e. The topological polar surface area (TPSA) is 82.6 Å². The van der Waals surface area contributed by atoms with E-state index in [2.05, 4.69) is 20.3 Å². The summed E-state index contributed by atoms with van der Waals surface area (Å²) in [4.78, 5) is 4.23. The third-order valence-electron chi connectivity index (χ3n) is 4.87. The van der Waals surface area contributed by atoms with Gasteiger partial charge in [0.05, 0.1) is 11.9 Å². The molecule has 8 heteroatoms. The van der Waals surface area contributed by atoms with Gasteiger partial charge in [-0.15, -0.1) is 0 Å². The normalized spacial score (nSPS) is 15.8. The highest BCUT2D eigenvalue weighted by Crippen LogP contribution is 2.47. The van der Waals surface area contributed by atoms with E-state index in [0.717, 1.165) is 30.2 Å². The van der Waals surface area contributed by atoms with E-state index < -0.39 is 10.0 Å². The second-order valence-electron chi connectivity index (χ2n) is 7.10. The van der Waals surface area contributed by atoms with Crippen molar-refractivity contribution < 1.29 is 12.8 Å². The zero-order chi connectivity index (χ0) is 20.2. The van der Waals surface area contributed by atoms with Gasteiger partial charge in [0, 0.05) is 25.6 Å². The Morgan fingerprint density at radius 2 is 1.89 bits per heavy atom. The summed E-state index contributed by atoms with van der Waals surface area (Å²) < 4.78 is 39.1. The van der Waals surface area contributed by atoms with Crippen molar-refractivity contribution in [2.24, 2.45) is 4.99 Å². The Morgan fingerprint density at radius 1 is 1.14 bits per heavy atom. The molecule has 1 saturated carbocycles. The van der Waals surface area contributed by atoms with Crippen molar-refractivity contribution >= 4 is 21.7 Å². The van der Waals surface area contributed by atoms with Gasteiger partial charge in [-0.25, -0.2) is 12.8 Å². The molecule has 0 aliphatic heterocycles. The first-order chi connectivity index (χ1) is 13.3. The number of benzene rings is 2. The highest BCUT2D eigenvalue weighted by molar-refractivity contribution is 7.92. The molecule has 0 saturated heterocycles. The number of nitrogens with zero attached hydrogens (tertiary/aromatic N) is 1. The third-order valence-corrected chi connectivity index (χ3v) is 5.46. The Kier molecular flexibility index (Phi) is 5.88. The Bertz CT molecular complexity index is 972. The summed E-state index contributed by atoms with van der Waals surface area (Å²) in [7, 11) is -1.68. The molecule has 0 aromatic heterocycles. The molecular formula is C20H25FN4O2S. The Labute approximate surface area is 165 Å². The fourth-order valence-corrected chi connectivity index (χ4v) is 3.76. The zero-order valence-electron chi connectivity index (χ0n) is 16.0. The second-order valence-corrected chi connectivity index (χ2v) is 8.85. The number of aliphatic imine (C=N–C) groups is 1. The van der Waals surface area contributed by atoms with Crippen molar-refractivity contribution in [3.8, 4) is 0 Å². The van der Waals surface area contributed by atoms with Crippen LogP contribution in [-0.2, 0) is 22.0 Å². The lowest BCUT2D eigenvalue weighted by Gasteiger charge is -2.19. The number of hydrogen-bond acceptors (Lipinski definition) is 3. The van der Waals surface area contributed by atoms with Crippen LogP contribution in [-0.4, -0.2) is 34.2 Å². The predicted molar refractivity (Wildman–Crippen MR) is 110 cm³/mol. The Morgan fingerprint density at radius 3 is 2.54 bits per heavy atom. The number of para-hydroxylation sites is 1. The highest BCUT2D eigenvalue weighted by Gasteiger charge is 2.44. The van der Waals surface area contributed by atoms with Crippen molar-refractivity contribution in [1.29, 1.82) is 0 Å². The summed E-state index contributed by atoms with van der Waals surface area (Å²) in [5, 5.41) is 6.51. The first kappa shape index (κ1) is 20.1. The maximum absolute atomic E-state index is 13.5. The molecular weight excluding hydrogens is 379 g/mol. The Balaban J connectivity index is 1.61. The molecule has 1 aliphatic rings. The fraction of sp³-hybridized carbons (Fsp3) is 0.350. The minimum absolute atomic E-state index is 0.0600. The van der Waals surface area contributed by atoms with Crippen LogP contribution in [0.4, 0.5) is 10.1 Å². The van der Waals surface area contributed by atoms with E-state index in [1.54, 1.807) is 31.3 Å². The van der Waals surface area contributed by atoms with Crippen LogP contribution >= 0.6 is 0 Å². The van der Waals surface area contributed by atoms with E-state index in [4.69, 9.17) is 0 Å². The van der Waals surface area contributed by atoms with E-state index in [1.165, 1.54) is 6.07 Å². The van der Waals surface area contributed by atoms with Crippen LogP contribution in [0.1, 0.15) is 24.0 Å². The molecule has 1 fully saturated rings. The van der Waals surface area contributed by atoms with Crippen molar-refractivity contribution in [3.63, 3.8) is 0 Å². The maximum atomic E-state index is 13.5. The minimum Gasteiger partial charge on any atom is -0.356 e. The quantitative estimate of drug-likeness (QED) is 0.489. The average molecular weight is 405 g/mol. The van der Waals surface area contributed by atoms with Gasteiger partial charge in [0.2, 0.25) is 10.0 Å². The van der Waals surface area contributed by atoms with Crippen molar-refractivity contribution in [3.05, 3.63) is 65.5 Å². The molecule has 1 aliphatic carbocycles. The molecule has 150 valence electrons. The predicted octanol–water partition coefficient (Wildman–Crippen LogP) is 2.59. The molecule has 0 spiro atoms. The average Bonchev–Trinajstić information content (AvgIpc) is 3.43. The molecule has 0 unspecified atom stereocenters. The summed E-state index contributed by atoms with van der Waals surface area (Å²) in [6, 6.07) is 13.9. The largest absolute Gasteiger partial charge is 0.356 e. The lowest BCUT2D eigenvalue weighted by molar-refractivity contribution is 0.606. The van der Waals surface area contributed by atoms with E-state index in [1.807, 2.05) is 18.2 Å². The number of halogens is 1. The number of sulfonamides is 1. The molecule has 3 N–H and O–H groups in total. The van der Waals surface area contributed by atoms with Gasteiger partial charge in [0.25, 0.3) is 0 Å². The van der Waals surface area contributed by atoms with Crippen molar-refractivity contribution in [1.82, 2.24) is 10.6 Å². The van der Waals surface area contributed by atoms with Crippen LogP contribution in [0.5, 0.6) is 0 Å². The highest BCUT2D eigenvalue weighted by atomic mass is 32.2. The molecule has 28 heavy (non-hydrogen) atoms. The van der Waals surface area contributed by atoms with Crippen LogP contribution < -0.4 is 15.4 Å². The van der Waals surface area contributed by atoms with Crippen molar-refractivity contribution in [2.45, 2.75) is 24.8 Å². The molecule has 6 nitrogen and oxygen atoms in total. The molecule has 2 aromatic rings. The summed E-state index contributed by atoms with van der Waals surface area (Å²) in [6.45, 7) is 1.06. The maximum Gasteiger partial charge on any atom is 0.229 e. The third kappa shape index (κ3) is 5.22. The van der Waals surface area contributed by atoms with Gasteiger partial charge in [-0.1, -0.05) is 30.3 Å². The van der Waals surface area contributed by atoms with Gasteiger partial charge in [-0.3, -0.25) is 9.71 Å². The molecule has 0 heterocycles. The summed E-state index contributed by atoms with van der Waals surface area (Å²) >= 11 is 0. The Hall–Kier alpha value is -2.61. The molecule has 2 aromatic carbocycles. The molecule has 3 rings (SSSR count). The van der Waals surface area contributed by atoms with Crippen LogP contribution in [0.25, 0.3) is 0 Å². The van der Waals surface area contributed by atoms with Crippen LogP contribution in [0.2, 0.25) is 0 Å². The number of hydrogen-bond donors (Lipinski definition) is 3. The molecule has 0 amide bonds. The summed E-state index contributed by atoms with van der Waals surface area (Å²) in [6.07, 6.45) is 3.13. The lowest BCUT2D eigenvalue weighted by Crippen LogP contribution is -2.41. The number of guanidine groups is 1. The number of nitrogens with one attached hydrogen (secondary N) is 3. The molecule has 0 radical (unpaired) electrons. The van der Waals surface area contributed by atoms with Gasteiger partial charge in [0.15, 0.2) is 5.96 Å². The van der Waals surface area contributed by atoms with Crippen LogP contribution in [0, 0.1) is 5.82 Å². The minimum atomic E-state index is -3.35. The van der Waals surface area contributed by atoms with Gasteiger partial charge in [-0.2, -0.15) is 0 Å². The number of rotatable bonds is 7. The lowest BCUT2D eigenvalue weighted by atomic mass is 9.96. The van der Waals surface area contributed by atoms with Gasteiger partial charge in [0.1, 0.15) is 5.82 Å². The van der Waals surface area contributed by atoms with Crippen molar-refractivity contribution in [2.75, 3.05) is 24.6 Å². The molecule has 0 atom stereocenters. The zero-order valence-corrected chi connectivity index (χ0v) is 16.8. The van der Waals surface area contributed by atoms with Crippen LogP contribution in [0.15, 0.2) is 53.5 Å². The summed E-state index contributed by atoms with van der Waals surface area (Å²) in [5.41, 5.74) is 2.28. The first-order valence-corrected chi connectivity index (χ1v) is 11.0. The fourth-order valence-electron chi connectivity index (χ4n) is 3.16. The standard InChI is InChI=1S/C20H25FN4O2S/c1-22-19(23-13-15-6-3-4-9-18(15)25-28(2,26)27)24-14-20(10-11-20)16-7-5-8-17(21)12-16/h3-9,12,25H,10-11,13-14H2,1-2H3,(H2,22,23,24). The molecule has 0 bridgehead atoms. The van der Waals surface area contributed by atoms with E-state index >= 15 is 0 Å². The monoisotopic (exact) mass is 404 g/mol. The van der Waals surface area contributed by atoms with Gasteiger partial charge < -0.3 is 10.6 Å². The van der Waals surface area contributed by atoms with E-state index in [9.17, 15) is 12.8 Å². The van der Waals surface area contributed by atoms with E-state index in [-0.39, 0.29) is 11.2 Å².